The van der Waals surface area contributed by atoms with Gasteiger partial charge in [0, 0.05) is 0 Å². The number of allylic oxidation sites excluding steroid dienone is 2. The topological polar surface area (TPSA) is 9.23 Å². The molecule has 0 saturated heterocycles. The average Bonchev–Trinajstić information content (AvgIpc) is 2.46. The van der Waals surface area contributed by atoms with Gasteiger partial charge in [-0.1, -0.05) is 48.0 Å². The molecule has 0 aliphatic rings. The van der Waals surface area contributed by atoms with Crippen LogP contribution < -0.4 is 4.74 Å². The van der Waals surface area contributed by atoms with E-state index in [2.05, 4.69) is 45.0 Å². The summed E-state index contributed by atoms with van der Waals surface area (Å²) in [6.45, 7) is 7.03. The molecule has 0 amide bonds. The van der Waals surface area contributed by atoms with E-state index in [-0.39, 0.29) is 0 Å². The van der Waals surface area contributed by atoms with Crippen LogP contribution in [0.1, 0.15) is 31.9 Å². The van der Waals surface area contributed by atoms with E-state index in [0.29, 0.717) is 6.61 Å². The van der Waals surface area contributed by atoms with Crippen molar-refractivity contribution >= 4 is 5.57 Å². The molecule has 0 heterocycles. The Morgan fingerprint density at radius 3 is 2.05 bits per heavy atom. The van der Waals surface area contributed by atoms with Crippen LogP contribution in [0.25, 0.3) is 5.57 Å². The Kier molecular flexibility index (Phi) is 4.40. The first-order valence-corrected chi connectivity index (χ1v) is 6.58. The summed E-state index contributed by atoms with van der Waals surface area (Å²) >= 11 is 0. The van der Waals surface area contributed by atoms with Gasteiger partial charge in [0.25, 0.3) is 0 Å². The predicted octanol–water partition coefficient (Wildman–Crippen LogP) is 5.08. The van der Waals surface area contributed by atoms with E-state index in [9.17, 15) is 0 Å². The van der Waals surface area contributed by atoms with Crippen LogP contribution in [-0.4, -0.2) is 0 Å². The third-order valence-corrected chi connectivity index (χ3v) is 3.29. The molecule has 19 heavy (non-hydrogen) atoms. The molecule has 2 aromatic carbocycles. The number of ether oxygens (including phenoxy) is 1. The zero-order chi connectivity index (χ0) is 13.7. The van der Waals surface area contributed by atoms with Gasteiger partial charge in [0.15, 0.2) is 0 Å². The molecule has 0 aromatic heterocycles. The van der Waals surface area contributed by atoms with Crippen molar-refractivity contribution in [2.24, 2.45) is 0 Å². The van der Waals surface area contributed by atoms with E-state index in [1.165, 1.54) is 22.3 Å². The summed E-state index contributed by atoms with van der Waals surface area (Å²) in [5.74, 6) is 0.911. The van der Waals surface area contributed by atoms with Crippen molar-refractivity contribution in [3.05, 3.63) is 71.3 Å². The van der Waals surface area contributed by atoms with Crippen molar-refractivity contribution in [3.8, 4) is 5.75 Å². The van der Waals surface area contributed by atoms with Crippen molar-refractivity contribution in [1.29, 1.82) is 0 Å². The summed E-state index contributed by atoms with van der Waals surface area (Å²) < 4.78 is 5.77. The zero-order valence-corrected chi connectivity index (χ0v) is 11.8. The zero-order valence-electron chi connectivity index (χ0n) is 11.8. The summed E-state index contributed by atoms with van der Waals surface area (Å²) in [6.07, 6.45) is 0. The first-order valence-electron chi connectivity index (χ1n) is 6.58. The standard InChI is InChI=1S/C18H20O/c1-14(2)15(3)17-9-11-18(12-10-17)19-13-16-7-5-4-6-8-16/h4-12H,13H2,1-3H3. The van der Waals surface area contributed by atoms with Crippen LogP contribution in [-0.2, 0) is 6.61 Å². The number of benzene rings is 2. The third kappa shape index (κ3) is 3.72. The van der Waals surface area contributed by atoms with Crippen molar-refractivity contribution < 1.29 is 4.74 Å². The number of hydrogen-bond acceptors (Lipinski definition) is 1. The van der Waals surface area contributed by atoms with Gasteiger partial charge in [0.1, 0.15) is 12.4 Å². The maximum absolute atomic E-state index is 5.77. The molecule has 1 nitrogen and oxygen atoms in total. The summed E-state index contributed by atoms with van der Waals surface area (Å²) in [6, 6.07) is 18.5. The number of hydrogen-bond donors (Lipinski definition) is 0. The molecule has 1 heteroatoms. The first-order chi connectivity index (χ1) is 9.16. The largest absolute Gasteiger partial charge is 0.489 e. The minimum Gasteiger partial charge on any atom is -0.489 e. The van der Waals surface area contributed by atoms with Crippen molar-refractivity contribution in [1.82, 2.24) is 0 Å². The van der Waals surface area contributed by atoms with Crippen LogP contribution in [0.4, 0.5) is 0 Å². The lowest BCUT2D eigenvalue weighted by Crippen LogP contribution is -1.95. The highest BCUT2D eigenvalue weighted by atomic mass is 16.5. The van der Waals surface area contributed by atoms with Gasteiger partial charge < -0.3 is 4.74 Å². The minimum atomic E-state index is 0.613. The fourth-order valence-corrected chi connectivity index (χ4v) is 1.83. The molecule has 0 N–H and O–H groups in total. The average molecular weight is 252 g/mol. The lowest BCUT2D eigenvalue weighted by molar-refractivity contribution is 0.306. The fourth-order valence-electron chi connectivity index (χ4n) is 1.83. The Balaban J connectivity index is 2.02. The number of rotatable bonds is 4. The van der Waals surface area contributed by atoms with E-state index >= 15 is 0 Å². The van der Waals surface area contributed by atoms with E-state index in [4.69, 9.17) is 4.74 Å². The van der Waals surface area contributed by atoms with E-state index in [1.54, 1.807) is 0 Å². The van der Waals surface area contributed by atoms with Gasteiger partial charge in [-0.15, -0.1) is 0 Å². The van der Waals surface area contributed by atoms with Gasteiger partial charge in [-0.25, -0.2) is 0 Å². The van der Waals surface area contributed by atoms with Gasteiger partial charge in [-0.05, 0) is 49.6 Å². The monoisotopic (exact) mass is 252 g/mol. The van der Waals surface area contributed by atoms with Crippen LogP contribution >= 0.6 is 0 Å². The quantitative estimate of drug-likeness (QED) is 0.737. The lowest BCUT2D eigenvalue weighted by atomic mass is 10.0. The van der Waals surface area contributed by atoms with Crippen molar-refractivity contribution in [3.63, 3.8) is 0 Å². The lowest BCUT2D eigenvalue weighted by Gasteiger charge is -2.08. The Labute approximate surface area is 115 Å². The molecule has 0 spiro atoms. The van der Waals surface area contributed by atoms with E-state index in [0.717, 1.165) is 5.75 Å². The van der Waals surface area contributed by atoms with Crippen LogP contribution in [0.15, 0.2) is 60.2 Å². The van der Waals surface area contributed by atoms with Gasteiger partial charge in [-0.2, -0.15) is 0 Å². The second-order valence-corrected chi connectivity index (χ2v) is 4.92. The molecule has 0 radical (unpaired) electrons. The summed E-state index contributed by atoms with van der Waals surface area (Å²) in [5, 5.41) is 0. The molecular formula is C18H20O. The minimum absolute atomic E-state index is 0.613. The van der Waals surface area contributed by atoms with Crippen LogP contribution in [0.5, 0.6) is 5.75 Å². The molecule has 0 aliphatic carbocycles. The van der Waals surface area contributed by atoms with E-state index in [1.807, 2.05) is 30.3 Å². The van der Waals surface area contributed by atoms with Gasteiger partial charge in [-0.3, -0.25) is 0 Å². The molecule has 0 saturated carbocycles. The molecule has 0 unspecified atom stereocenters. The SMILES string of the molecule is CC(C)=C(C)c1ccc(OCc2ccccc2)cc1. The maximum Gasteiger partial charge on any atom is 0.119 e. The molecule has 2 rings (SSSR count). The summed E-state index contributed by atoms with van der Waals surface area (Å²) in [7, 11) is 0. The molecule has 98 valence electrons. The van der Waals surface area contributed by atoms with Crippen LogP contribution in [0, 0.1) is 0 Å². The highest BCUT2D eigenvalue weighted by Crippen LogP contribution is 2.21. The van der Waals surface area contributed by atoms with Gasteiger partial charge >= 0.3 is 0 Å². The van der Waals surface area contributed by atoms with Crippen molar-refractivity contribution in [2.45, 2.75) is 27.4 Å². The first kappa shape index (κ1) is 13.4. The normalized spacial score (nSPS) is 10.1. The molecule has 0 aliphatic heterocycles. The van der Waals surface area contributed by atoms with Gasteiger partial charge in [0.2, 0.25) is 0 Å². The predicted molar refractivity (Wildman–Crippen MR) is 81.2 cm³/mol. The maximum atomic E-state index is 5.77. The second kappa shape index (κ2) is 6.24. The third-order valence-electron chi connectivity index (χ3n) is 3.29. The van der Waals surface area contributed by atoms with Gasteiger partial charge in [0.05, 0.1) is 0 Å². The molecular weight excluding hydrogens is 232 g/mol. The Morgan fingerprint density at radius 1 is 0.842 bits per heavy atom. The molecule has 0 fully saturated rings. The van der Waals surface area contributed by atoms with Crippen LogP contribution in [0.2, 0.25) is 0 Å². The fraction of sp³-hybridized carbons (Fsp3) is 0.222. The summed E-state index contributed by atoms with van der Waals surface area (Å²) in [5.41, 5.74) is 5.12. The van der Waals surface area contributed by atoms with E-state index < -0.39 is 0 Å². The molecule has 0 atom stereocenters. The highest BCUT2D eigenvalue weighted by Gasteiger charge is 1.99. The van der Waals surface area contributed by atoms with Crippen molar-refractivity contribution in [2.75, 3.05) is 0 Å². The molecule has 2 aromatic rings. The summed E-state index contributed by atoms with van der Waals surface area (Å²) in [4.78, 5) is 0. The second-order valence-electron chi connectivity index (χ2n) is 4.92. The Hall–Kier alpha value is -2.02. The molecule has 0 bridgehead atoms. The van der Waals surface area contributed by atoms with Crippen LogP contribution in [0.3, 0.4) is 0 Å². The Morgan fingerprint density at radius 2 is 1.47 bits per heavy atom. The highest BCUT2D eigenvalue weighted by molar-refractivity contribution is 5.66. The Bertz CT molecular complexity index is 546. The smallest absolute Gasteiger partial charge is 0.119 e.